The number of anilines is 2. The summed E-state index contributed by atoms with van der Waals surface area (Å²) in [6.07, 6.45) is 0. The quantitative estimate of drug-likeness (QED) is 0.538. The van der Waals surface area contributed by atoms with Gasteiger partial charge in [0.1, 0.15) is 5.75 Å². The Balaban J connectivity index is 2.55. The lowest BCUT2D eigenvalue weighted by atomic mass is 9.79. The third kappa shape index (κ3) is 4.41. The van der Waals surface area contributed by atoms with Gasteiger partial charge in [-0.1, -0.05) is 53.7 Å². The van der Waals surface area contributed by atoms with Crippen LogP contribution in [0, 0.1) is 0 Å². The number of carbonyl (C=O) groups is 1. The van der Waals surface area contributed by atoms with Gasteiger partial charge in [0, 0.05) is 28.1 Å². The van der Waals surface area contributed by atoms with Gasteiger partial charge in [0.15, 0.2) is 5.78 Å². The minimum absolute atomic E-state index is 0.0418. The maximum atomic E-state index is 11.6. The highest BCUT2D eigenvalue weighted by Gasteiger charge is 2.26. The van der Waals surface area contributed by atoms with E-state index >= 15 is 0 Å². The summed E-state index contributed by atoms with van der Waals surface area (Å²) in [6.45, 7) is 14.1. The number of phenols is 1. The minimum Gasteiger partial charge on any atom is -0.507 e. The second-order valence-corrected chi connectivity index (χ2v) is 8.68. The Morgan fingerprint density at radius 1 is 0.880 bits per heavy atom. The van der Waals surface area contributed by atoms with Crippen molar-refractivity contribution in [1.29, 1.82) is 0 Å². The molecule has 0 heterocycles. The minimum atomic E-state index is -0.178. The molecule has 2 N–H and O–H groups in total. The number of carbonyl (C=O) groups excluding carboxylic acids is 1. The summed E-state index contributed by atoms with van der Waals surface area (Å²) >= 11 is 0. The second-order valence-electron chi connectivity index (χ2n) is 8.68. The van der Waals surface area contributed by atoms with E-state index in [1.54, 1.807) is 6.92 Å². The maximum absolute atomic E-state index is 11.6. The second kappa shape index (κ2) is 6.55. The van der Waals surface area contributed by atoms with Gasteiger partial charge >= 0.3 is 0 Å². The van der Waals surface area contributed by atoms with Crippen molar-refractivity contribution in [1.82, 2.24) is 0 Å². The van der Waals surface area contributed by atoms with Crippen LogP contribution in [0.2, 0.25) is 0 Å². The SMILES string of the molecule is CC(=O)c1cccc(Nc2cc(C(C)(C)C)c(O)c(C(C)(C)C)c2)c1. The van der Waals surface area contributed by atoms with Gasteiger partial charge in [-0.2, -0.15) is 0 Å². The fraction of sp³-hybridized carbons (Fsp3) is 0.409. The van der Waals surface area contributed by atoms with Crippen LogP contribution in [-0.2, 0) is 10.8 Å². The smallest absolute Gasteiger partial charge is 0.159 e. The van der Waals surface area contributed by atoms with E-state index in [0.29, 0.717) is 11.3 Å². The van der Waals surface area contributed by atoms with Crippen molar-refractivity contribution in [3.05, 3.63) is 53.1 Å². The average molecular weight is 339 g/mol. The summed E-state index contributed by atoms with van der Waals surface area (Å²) in [6, 6.07) is 11.5. The molecule has 3 nitrogen and oxygen atoms in total. The van der Waals surface area contributed by atoms with Crippen LogP contribution in [0.5, 0.6) is 5.75 Å². The van der Waals surface area contributed by atoms with Crippen LogP contribution < -0.4 is 5.32 Å². The number of Topliss-reactive ketones (excluding diaryl/α,β-unsaturated/α-hetero) is 1. The molecule has 0 saturated carbocycles. The van der Waals surface area contributed by atoms with Gasteiger partial charge in [0.2, 0.25) is 0 Å². The number of hydrogen-bond donors (Lipinski definition) is 2. The molecule has 134 valence electrons. The van der Waals surface area contributed by atoms with Crippen molar-refractivity contribution in [3.63, 3.8) is 0 Å². The van der Waals surface area contributed by atoms with Gasteiger partial charge in [-0.25, -0.2) is 0 Å². The van der Waals surface area contributed by atoms with E-state index in [0.717, 1.165) is 22.5 Å². The van der Waals surface area contributed by atoms with Gasteiger partial charge in [-0.15, -0.1) is 0 Å². The molecule has 0 aliphatic heterocycles. The Morgan fingerprint density at radius 2 is 1.40 bits per heavy atom. The van der Waals surface area contributed by atoms with Crippen LogP contribution >= 0.6 is 0 Å². The Hall–Kier alpha value is -2.29. The Kier molecular flexibility index (Phi) is 4.99. The lowest BCUT2D eigenvalue weighted by molar-refractivity contribution is 0.101. The summed E-state index contributed by atoms with van der Waals surface area (Å²) in [7, 11) is 0. The molecular formula is C22H29NO2. The summed E-state index contributed by atoms with van der Waals surface area (Å²) in [5.41, 5.74) is 3.91. The maximum Gasteiger partial charge on any atom is 0.159 e. The van der Waals surface area contributed by atoms with Gasteiger partial charge in [-0.3, -0.25) is 4.79 Å². The van der Waals surface area contributed by atoms with Crippen LogP contribution in [0.25, 0.3) is 0 Å². The first kappa shape index (κ1) is 19.0. The number of rotatable bonds is 3. The molecule has 0 aliphatic rings. The Bertz CT molecular complexity index is 757. The first-order valence-electron chi connectivity index (χ1n) is 8.65. The third-order valence-electron chi connectivity index (χ3n) is 4.28. The van der Waals surface area contributed by atoms with Crippen LogP contribution in [-0.4, -0.2) is 10.9 Å². The number of aromatic hydroxyl groups is 1. The van der Waals surface area contributed by atoms with Crippen LogP contribution in [0.1, 0.15) is 70.0 Å². The van der Waals surface area contributed by atoms with Crippen molar-refractivity contribution in [2.75, 3.05) is 5.32 Å². The largest absolute Gasteiger partial charge is 0.507 e. The molecule has 0 amide bonds. The number of benzene rings is 2. The normalized spacial score (nSPS) is 12.1. The van der Waals surface area contributed by atoms with Crippen LogP contribution in [0.3, 0.4) is 0 Å². The van der Waals surface area contributed by atoms with E-state index in [4.69, 9.17) is 0 Å². The fourth-order valence-corrected chi connectivity index (χ4v) is 2.83. The zero-order valence-electron chi connectivity index (χ0n) is 16.3. The molecule has 2 rings (SSSR count). The summed E-state index contributed by atoms with van der Waals surface area (Å²) < 4.78 is 0. The van der Waals surface area contributed by atoms with Crippen molar-refractivity contribution in [3.8, 4) is 5.75 Å². The first-order chi connectivity index (χ1) is 11.4. The molecule has 0 aliphatic carbocycles. The molecular weight excluding hydrogens is 310 g/mol. The predicted octanol–water partition coefficient (Wildman–Crippen LogP) is 5.93. The number of nitrogens with one attached hydrogen (secondary N) is 1. The highest BCUT2D eigenvalue weighted by molar-refractivity contribution is 5.95. The molecule has 0 atom stereocenters. The van der Waals surface area contributed by atoms with Crippen molar-refractivity contribution < 1.29 is 9.90 Å². The van der Waals surface area contributed by atoms with E-state index in [1.807, 2.05) is 36.4 Å². The number of ketones is 1. The van der Waals surface area contributed by atoms with E-state index in [2.05, 4.69) is 46.9 Å². The fourth-order valence-electron chi connectivity index (χ4n) is 2.83. The summed E-state index contributed by atoms with van der Waals surface area (Å²) in [4.78, 5) is 11.6. The molecule has 25 heavy (non-hydrogen) atoms. The highest BCUT2D eigenvalue weighted by Crippen LogP contribution is 2.41. The topological polar surface area (TPSA) is 49.3 Å². The van der Waals surface area contributed by atoms with Crippen molar-refractivity contribution in [2.24, 2.45) is 0 Å². The molecule has 0 bridgehead atoms. The van der Waals surface area contributed by atoms with Gasteiger partial charge < -0.3 is 10.4 Å². The molecule has 2 aromatic rings. The van der Waals surface area contributed by atoms with Gasteiger partial charge in [0.05, 0.1) is 0 Å². The summed E-state index contributed by atoms with van der Waals surface area (Å²) in [5.74, 6) is 0.406. The van der Waals surface area contributed by atoms with E-state index in [-0.39, 0.29) is 16.6 Å². The van der Waals surface area contributed by atoms with E-state index in [9.17, 15) is 9.90 Å². The number of phenolic OH excluding ortho intramolecular Hbond substituents is 1. The monoisotopic (exact) mass is 339 g/mol. The molecule has 0 aromatic heterocycles. The molecule has 0 radical (unpaired) electrons. The molecule has 0 saturated heterocycles. The zero-order chi connectivity index (χ0) is 19.0. The lowest BCUT2D eigenvalue weighted by Gasteiger charge is -2.28. The lowest BCUT2D eigenvalue weighted by Crippen LogP contribution is -2.17. The third-order valence-corrected chi connectivity index (χ3v) is 4.28. The summed E-state index contributed by atoms with van der Waals surface area (Å²) in [5, 5.41) is 14.2. The Labute approximate surface area is 151 Å². The molecule has 0 unspecified atom stereocenters. The molecule has 3 heteroatoms. The molecule has 0 fully saturated rings. The standard InChI is InChI=1S/C22H29NO2/c1-14(24)15-9-8-10-16(11-15)23-17-12-18(21(2,3)4)20(25)19(13-17)22(5,6)7/h8-13,23,25H,1-7H3. The van der Waals surface area contributed by atoms with Crippen LogP contribution in [0.15, 0.2) is 36.4 Å². The average Bonchev–Trinajstić information content (AvgIpc) is 2.46. The van der Waals surface area contributed by atoms with Crippen molar-refractivity contribution in [2.45, 2.75) is 59.3 Å². The Morgan fingerprint density at radius 3 is 1.84 bits per heavy atom. The van der Waals surface area contributed by atoms with E-state index in [1.165, 1.54) is 0 Å². The number of hydrogen-bond acceptors (Lipinski definition) is 3. The predicted molar refractivity (Wildman–Crippen MR) is 105 cm³/mol. The zero-order valence-corrected chi connectivity index (χ0v) is 16.3. The molecule has 2 aromatic carbocycles. The highest BCUT2D eigenvalue weighted by atomic mass is 16.3. The molecule has 0 spiro atoms. The van der Waals surface area contributed by atoms with Crippen molar-refractivity contribution >= 4 is 17.2 Å². The first-order valence-corrected chi connectivity index (χ1v) is 8.65. The van der Waals surface area contributed by atoms with Gasteiger partial charge in [0.25, 0.3) is 0 Å². The van der Waals surface area contributed by atoms with E-state index < -0.39 is 0 Å². The van der Waals surface area contributed by atoms with Gasteiger partial charge in [-0.05, 0) is 42.0 Å². The van der Waals surface area contributed by atoms with Crippen LogP contribution in [0.4, 0.5) is 11.4 Å².